The summed E-state index contributed by atoms with van der Waals surface area (Å²) in [5.41, 5.74) is 0.599. The Morgan fingerprint density at radius 3 is 2.05 bits per heavy atom. The summed E-state index contributed by atoms with van der Waals surface area (Å²) in [5.74, 6) is -1.18. The Bertz CT molecular complexity index is 666. The van der Waals surface area contributed by atoms with E-state index in [1.165, 1.54) is 24.3 Å². The molecule has 0 saturated heterocycles. The van der Waals surface area contributed by atoms with Gasteiger partial charge in [0.2, 0.25) is 0 Å². The normalized spacial score (nSPS) is 11.3. The molecule has 21 heavy (non-hydrogen) atoms. The fourth-order valence-electron chi connectivity index (χ4n) is 1.70. The van der Waals surface area contributed by atoms with Gasteiger partial charge in [0, 0.05) is 0 Å². The molecule has 0 radical (unpaired) electrons. The van der Waals surface area contributed by atoms with Gasteiger partial charge in [-0.1, -0.05) is 18.2 Å². The molecule has 2 nitrogen and oxygen atoms in total. The van der Waals surface area contributed by atoms with Crippen molar-refractivity contribution in [3.05, 3.63) is 53.8 Å². The zero-order valence-corrected chi connectivity index (χ0v) is 11.0. The number of halogens is 5. The van der Waals surface area contributed by atoms with Crippen molar-refractivity contribution in [3.63, 3.8) is 0 Å². The number of hydrogen-bond acceptors (Lipinski definition) is 2. The third-order valence-corrected chi connectivity index (χ3v) is 2.81. The summed E-state index contributed by atoms with van der Waals surface area (Å²) < 4.78 is 53.4. The predicted molar refractivity (Wildman–Crippen MR) is 68.7 cm³/mol. The topological polar surface area (TPSA) is 26.3 Å². The molecule has 0 atom stereocenters. The van der Waals surface area contributed by atoms with Gasteiger partial charge in [-0.25, -0.2) is 4.39 Å². The van der Waals surface area contributed by atoms with Crippen LogP contribution in [-0.4, -0.2) is 11.6 Å². The molecule has 0 aliphatic heterocycles. The minimum Gasteiger partial charge on any atom is -0.406 e. The molecule has 0 N–H and O–H groups in total. The van der Waals surface area contributed by atoms with Gasteiger partial charge in [0.1, 0.15) is 11.6 Å². The third kappa shape index (κ3) is 3.95. The molecule has 2 rings (SSSR count). The first-order chi connectivity index (χ1) is 9.76. The Morgan fingerprint density at radius 2 is 1.57 bits per heavy atom. The average Bonchev–Trinajstić information content (AvgIpc) is 2.37. The Balaban J connectivity index is 2.27. The minimum absolute atomic E-state index is 0.266. The van der Waals surface area contributed by atoms with Crippen LogP contribution >= 0.6 is 11.6 Å². The third-order valence-electron chi connectivity index (χ3n) is 2.60. The fraction of sp³-hybridized carbons (Fsp3) is 0.0714. The lowest BCUT2D eigenvalue weighted by atomic mass is 10.0. The molecular formula is C14H7ClF4O2. The molecule has 2 aromatic carbocycles. The first-order valence-electron chi connectivity index (χ1n) is 5.62. The van der Waals surface area contributed by atoms with Crippen molar-refractivity contribution >= 4 is 16.8 Å². The van der Waals surface area contributed by atoms with E-state index in [-0.39, 0.29) is 11.3 Å². The quantitative estimate of drug-likeness (QED) is 0.602. The zero-order chi connectivity index (χ0) is 15.6. The van der Waals surface area contributed by atoms with Gasteiger partial charge in [0.25, 0.3) is 5.24 Å². The molecule has 0 fully saturated rings. The van der Waals surface area contributed by atoms with Crippen LogP contribution in [0.1, 0.15) is 10.4 Å². The van der Waals surface area contributed by atoms with Crippen LogP contribution in [0.3, 0.4) is 0 Å². The standard InChI is InChI=1S/C14H7ClF4O2/c15-13(20)11-6-3-9(7-12(11)16)8-1-4-10(5-2-8)21-14(17,18)19/h1-7H. The molecule has 0 aromatic heterocycles. The van der Waals surface area contributed by atoms with Crippen LogP contribution < -0.4 is 4.74 Å². The lowest BCUT2D eigenvalue weighted by Gasteiger charge is -2.09. The number of ether oxygens (including phenoxy) is 1. The molecular weight excluding hydrogens is 312 g/mol. The largest absolute Gasteiger partial charge is 0.573 e. The van der Waals surface area contributed by atoms with Gasteiger partial charge in [-0.05, 0) is 47.0 Å². The molecule has 0 unspecified atom stereocenters. The second-order valence-electron chi connectivity index (χ2n) is 4.04. The Morgan fingerprint density at radius 1 is 1.00 bits per heavy atom. The lowest BCUT2D eigenvalue weighted by molar-refractivity contribution is -0.274. The van der Waals surface area contributed by atoms with Crippen molar-refractivity contribution in [2.75, 3.05) is 0 Å². The molecule has 2 aromatic rings. The maximum absolute atomic E-state index is 13.6. The van der Waals surface area contributed by atoms with E-state index < -0.39 is 17.4 Å². The molecule has 0 aliphatic carbocycles. The second-order valence-corrected chi connectivity index (χ2v) is 4.38. The molecule has 0 bridgehead atoms. The number of rotatable bonds is 3. The summed E-state index contributed by atoms with van der Waals surface area (Å²) >= 11 is 5.19. The minimum atomic E-state index is -4.77. The molecule has 7 heteroatoms. The van der Waals surface area contributed by atoms with E-state index in [2.05, 4.69) is 4.74 Å². The van der Waals surface area contributed by atoms with Gasteiger partial charge in [0.15, 0.2) is 0 Å². The van der Waals surface area contributed by atoms with Crippen LogP contribution in [0.2, 0.25) is 0 Å². The molecule has 0 heterocycles. The van der Waals surface area contributed by atoms with Crippen molar-refractivity contribution in [3.8, 4) is 16.9 Å². The number of carbonyl (C=O) groups is 1. The van der Waals surface area contributed by atoms with Crippen LogP contribution in [0, 0.1) is 5.82 Å². The predicted octanol–water partition coefficient (Wildman–Crippen LogP) is 4.77. The van der Waals surface area contributed by atoms with Crippen molar-refractivity contribution in [2.45, 2.75) is 6.36 Å². The first kappa shape index (κ1) is 15.3. The van der Waals surface area contributed by atoms with E-state index in [0.29, 0.717) is 11.1 Å². The molecule has 0 spiro atoms. The van der Waals surface area contributed by atoms with Crippen molar-refractivity contribution in [1.29, 1.82) is 0 Å². The van der Waals surface area contributed by atoms with Crippen LogP contribution in [-0.2, 0) is 0 Å². The monoisotopic (exact) mass is 318 g/mol. The van der Waals surface area contributed by atoms with Gasteiger partial charge in [0.05, 0.1) is 5.56 Å². The zero-order valence-electron chi connectivity index (χ0n) is 10.2. The summed E-state index contributed by atoms with van der Waals surface area (Å²) in [5, 5.41) is -0.923. The highest BCUT2D eigenvalue weighted by molar-refractivity contribution is 6.67. The highest BCUT2D eigenvalue weighted by Gasteiger charge is 2.30. The van der Waals surface area contributed by atoms with Crippen LogP contribution in [0.25, 0.3) is 11.1 Å². The number of carbonyl (C=O) groups excluding carboxylic acids is 1. The van der Waals surface area contributed by atoms with Gasteiger partial charge in [-0.3, -0.25) is 4.79 Å². The highest BCUT2D eigenvalue weighted by atomic mass is 35.5. The van der Waals surface area contributed by atoms with E-state index >= 15 is 0 Å². The molecule has 0 amide bonds. The van der Waals surface area contributed by atoms with Crippen molar-refractivity contribution < 1.29 is 27.1 Å². The SMILES string of the molecule is O=C(Cl)c1ccc(-c2ccc(OC(F)(F)F)cc2)cc1F. The second kappa shape index (κ2) is 5.73. The smallest absolute Gasteiger partial charge is 0.406 e. The van der Waals surface area contributed by atoms with Crippen molar-refractivity contribution in [1.82, 2.24) is 0 Å². The Labute approximate surface area is 121 Å². The van der Waals surface area contributed by atoms with Crippen LogP contribution in [0.4, 0.5) is 17.6 Å². The summed E-state index contributed by atoms with van der Waals surface area (Å²) in [7, 11) is 0. The number of alkyl halides is 3. The van der Waals surface area contributed by atoms with Gasteiger partial charge < -0.3 is 4.74 Å². The number of benzene rings is 2. The van der Waals surface area contributed by atoms with Crippen molar-refractivity contribution in [2.24, 2.45) is 0 Å². The Kier molecular flexibility index (Phi) is 4.18. The van der Waals surface area contributed by atoms with E-state index in [9.17, 15) is 22.4 Å². The van der Waals surface area contributed by atoms with Crippen LogP contribution in [0.5, 0.6) is 5.75 Å². The summed E-state index contributed by atoms with van der Waals surface area (Å²) in [6.07, 6.45) is -4.77. The maximum Gasteiger partial charge on any atom is 0.573 e. The fourth-order valence-corrected chi connectivity index (χ4v) is 1.86. The summed E-state index contributed by atoms with van der Waals surface area (Å²) in [6, 6.07) is 8.65. The molecule has 0 aliphatic rings. The van der Waals surface area contributed by atoms with E-state index in [1.54, 1.807) is 0 Å². The average molecular weight is 319 g/mol. The maximum atomic E-state index is 13.6. The molecule has 0 saturated carbocycles. The summed E-state index contributed by atoms with van der Waals surface area (Å²) in [6.45, 7) is 0. The van der Waals surface area contributed by atoms with Gasteiger partial charge >= 0.3 is 6.36 Å². The van der Waals surface area contributed by atoms with Crippen LogP contribution in [0.15, 0.2) is 42.5 Å². The van der Waals surface area contributed by atoms with E-state index in [1.807, 2.05) is 0 Å². The molecule has 110 valence electrons. The van der Waals surface area contributed by atoms with Gasteiger partial charge in [-0.2, -0.15) is 0 Å². The summed E-state index contributed by atoms with van der Waals surface area (Å²) in [4.78, 5) is 10.9. The van der Waals surface area contributed by atoms with Gasteiger partial charge in [-0.15, -0.1) is 13.2 Å². The van der Waals surface area contributed by atoms with E-state index in [4.69, 9.17) is 11.6 Å². The lowest BCUT2D eigenvalue weighted by Crippen LogP contribution is -2.16. The highest BCUT2D eigenvalue weighted by Crippen LogP contribution is 2.27. The first-order valence-corrected chi connectivity index (χ1v) is 5.99. The Hall–Kier alpha value is -2.08. The number of hydrogen-bond donors (Lipinski definition) is 0. The van der Waals surface area contributed by atoms with E-state index in [0.717, 1.165) is 18.2 Å².